The lowest BCUT2D eigenvalue weighted by atomic mass is 10.1. The summed E-state index contributed by atoms with van der Waals surface area (Å²) in [6.45, 7) is 2.59. The minimum absolute atomic E-state index is 0.0117. The number of rotatable bonds is 3. The molecule has 5 heteroatoms. The maximum atomic E-state index is 12.8. The summed E-state index contributed by atoms with van der Waals surface area (Å²) in [5.74, 6) is -0.0466. The first kappa shape index (κ1) is 15.4. The van der Waals surface area contributed by atoms with Gasteiger partial charge in [-0.3, -0.25) is 9.59 Å². The molecule has 2 heterocycles. The second kappa shape index (κ2) is 6.06. The van der Waals surface area contributed by atoms with E-state index >= 15 is 0 Å². The van der Waals surface area contributed by atoms with E-state index in [4.69, 9.17) is 0 Å². The number of aryl methyl sites for hydroxylation is 1. The zero-order valence-corrected chi connectivity index (χ0v) is 14.5. The van der Waals surface area contributed by atoms with E-state index in [1.807, 2.05) is 31.2 Å². The van der Waals surface area contributed by atoms with Gasteiger partial charge in [-0.2, -0.15) is 0 Å². The Labute approximate surface area is 144 Å². The van der Waals surface area contributed by atoms with Crippen molar-refractivity contribution in [2.24, 2.45) is 0 Å². The van der Waals surface area contributed by atoms with E-state index in [-0.39, 0.29) is 17.5 Å². The summed E-state index contributed by atoms with van der Waals surface area (Å²) in [6.07, 6.45) is 4.48. The van der Waals surface area contributed by atoms with Crippen LogP contribution >= 0.6 is 11.3 Å². The Kier molecular flexibility index (Phi) is 3.88. The van der Waals surface area contributed by atoms with Crippen molar-refractivity contribution in [3.05, 3.63) is 45.6 Å². The Balaban J connectivity index is 1.85. The average molecular weight is 340 g/mol. The third kappa shape index (κ3) is 2.44. The second-order valence-electron chi connectivity index (χ2n) is 6.37. The molecule has 0 atom stereocenters. The molecule has 0 bridgehead atoms. The number of carbonyl (C=O) groups excluding carboxylic acids is 1. The van der Waals surface area contributed by atoms with Crippen LogP contribution in [0.5, 0.6) is 0 Å². The highest BCUT2D eigenvalue weighted by Gasteiger charge is 2.21. The molecule has 1 amide bonds. The van der Waals surface area contributed by atoms with E-state index in [0.29, 0.717) is 16.8 Å². The molecule has 1 aliphatic rings. The summed E-state index contributed by atoms with van der Waals surface area (Å²) < 4.78 is 2.69. The summed E-state index contributed by atoms with van der Waals surface area (Å²) in [7, 11) is 0. The zero-order chi connectivity index (χ0) is 16.7. The van der Waals surface area contributed by atoms with Crippen LogP contribution in [0.25, 0.3) is 21.0 Å². The molecule has 1 saturated carbocycles. The Hall–Kier alpha value is -2.14. The molecule has 0 aliphatic heterocycles. The molecule has 0 unspecified atom stereocenters. The van der Waals surface area contributed by atoms with Gasteiger partial charge in [0.2, 0.25) is 0 Å². The standard InChI is InChI=1S/C19H20N2O2S/c1-2-21-15-10-6-5-9-13(15)17-14(19(21)23)11-16(24-17)18(22)20-12-7-3-4-8-12/h5-6,9-12H,2-4,7-8H2,1H3,(H,20,22). The van der Waals surface area contributed by atoms with Crippen LogP contribution in [0.1, 0.15) is 42.3 Å². The highest BCUT2D eigenvalue weighted by Crippen LogP contribution is 2.31. The molecule has 0 saturated heterocycles. The molecule has 3 aromatic rings. The van der Waals surface area contributed by atoms with Gasteiger partial charge < -0.3 is 9.88 Å². The third-order valence-corrected chi connectivity index (χ3v) is 6.04. The maximum Gasteiger partial charge on any atom is 0.261 e. The molecular weight excluding hydrogens is 320 g/mol. The lowest BCUT2D eigenvalue weighted by Crippen LogP contribution is -2.31. The molecule has 24 heavy (non-hydrogen) atoms. The first-order valence-corrected chi connectivity index (χ1v) is 9.36. The molecular formula is C19H20N2O2S. The van der Waals surface area contributed by atoms with Crippen LogP contribution in [-0.4, -0.2) is 16.5 Å². The third-order valence-electron chi connectivity index (χ3n) is 4.88. The zero-order valence-electron chi connectivity index (χ0n) is 13.7. The number of pyridine rings is 1. The highest BCUT2D eigenvalue weighted by molar-refractivity contribution is 7.21. The smallest absolute Gasteiger partial charge is 0.261 e. The van der Waals surface area contributed by atoms with Crippen molar-refractivity contribution in [3.63, 3.8) is 0 Å². The summed E-state index contributed by atoms with van der Waals surface area (Å²) in [5.41, 5.74) is 0.921. The van der Waals surface area contributed by atoms with Gasteiger partial charge in [0, 0.05) is 22.7 Å². The second-order valence-corrected chi connectivity index (χ2v) is 7.43. The fraction of sp³-hybridized carbons (Fsp3) is 0.368. The summed E-state index contributed by atoms with van der Waals surface area (Å²) in [6, 6.07) is 9.97. The van der Waals surface area contributed by atoms with Gasteiger partial charge in [-0.25, -0.2) is 0 Å². The number of carbonyl (C=O) groups is 1. The molecule has 4 nitrogen and oxygen atoms in total. The van der Waals surface area contributed by atoms with Crippen LogP contribution in [0.2, 0.25) is 0 Å². The first-order valence-electron chi connectivity index (χ1n) is 8.55. The van der Waals surface area contributed by atoms with E-state index in [9.17, 15) is 9.59 Å². The first-order chi connectivity index (χ1) is 11.7. The van der Waals surface area contributed by atoms with E-state index in [2.05, 4.69) is 5.32 Å². The number of nitrogens with one attached hydrogen (secondary N) is 1. The summed E-state index contributed by atoms with van der Waals surface area (Å²) in [5, 5.41) is 4.81. The van der Waals surface area contributed by atoms with Crippen molar-refractivity contribution < 1.29 is 4.79 Å². The van der Waals surface area contributed by atoms with E-state index in [0.717, 1.165) is 28.4 Å². The lowest BCUT2D eigenvalue weighted by molar-refractivity contribution is 0.0942. The van der Waals surface area contributed by atoms with Crippen molar-refractivity contribution in [1.29, 1.82) is 0 Å². The molecule has 4 rings (SSSR count). The Morgan fingerprint density at radius 2 is 2.00 bits per heavy atom. The van der Waals surface area contributed by atoms with Crippen LogP contribution in [0, 0.1) is 0 Å². The van der Waals surface area contributed by atoms with Gasteiger partial charge in [0.05, 0.1) is 15.8 Å². The van der Waals surface area contributed by atoms with E-state index in [1.54, 1.807) is 10.6 Å². The molecule has 1 aromatic carbocycles. The SMILES string of the molecule is CCn1c(=O)c2cc(C(=O)NC3CCCC3)sc2c2ccccc21. The van der Waals surface area contributed by atoms with Crippen LogP contribution in [-0.2, 0) is 6.54 Å². The predicted molar refractivity (Wildman–Crippen MR) is 99.0 cm³/mol. The lowest BCUT2D eigenvalue weighted by Gasteiger charge is -2.10. The molecule has 124 valence electrons. The van der Waals surface area contributed by atoms with E-state index < -0.39 is 0 Å². The van der Waals surface area contributed by atoms with Crippen molar-refractivity contribution in [1.82, 2.24) is 9.88 Å². The van der Waals surface area contributed by atoms with Crippen LogP contribution in [0.15, 0.2) is 35.1 Å². The van der Waals surface area contributed by atoms with Gasteiger partial charge in [0.1, 0.15) is 0 Å². The molecule has 0 spiro atoms. The molecule has 1 fully saturated rings. The molecule has 1 aliphatic carbocycles. The van der Waals surface area contributed by atoms with Crippen molar-refractivity contribution in [2.75, 3.05) is 0 Å². The van der Waals surface area contributed by atoms with Gasteiger partial charge in [0.15, 0.2) is 0 Å². The Bertz CT molecular complexity index is 980. The number of hydrogen-bond donors (Lipinski definition) is 1. The Morgan fingerprint density at radius 1 is 1.25 bits per heavy atom. The van der Waals surface area contributed by atoms with Gasteiger partial charge in [-0.15, -0.1) is 11.3 Å². The average Bonchev–Trinajstić information content (AvgIpc) is 3.25. The van der Waals surface area contributed by atoms with Gasteiger partial charge >= 0.3 is 0 Å². The highest BCUT2D eigenvalue weighted by atomic mass is 32.1. The minimum atomic E-state index is -0.0466. The van der Waals surface area contributed by atoms with Crippen LogP contribution < -0.4 is 10.9 Å². The predicted octanol–water partition coefficient (Wildman–Crippen LogP) is 3.91. The number of aromatic nitrogens is 1. The molecule has 0 radical (unpaired) electrons. The quantitative estimate of drug-likeness (QED) is 0.786. The van der Waals surface area contributed by atoms with Crippen molar-refractivity contribution in [3.8, 4) is 0 Å². The number of thiophene rings is 1. The fourth-order valence-corrected chi connectivity index (χ4v) is 4.75. The molecule has 1 N–H and O–H groups in total. The fourth-order valence-electron chi connectivity index (χ4n) is 3.66. The largest absolute Gasteiger partial charge is 0.349 e. The number of hydrogen-bond acceptors (Lipinski definition) is 3. The number of benzene rings is 1. The monoisotopic (exact) mass is 340 g/mol. The van der Waals surface area contributed by atoms with Crippen LogP contribution in [0.3, 0.4) is 0 Å². The Morgan fingerprint density at radius 3 is 2.75 bits per heavy atom. The van der Waals surface area contributed by atoms with Gasteiger partial charge in [0.25, 0.3) is 11.5 Å². The van der Waals surface area contributed by atoms with Crippen molar-refractivity contribution >= 4 is 38.2 Å². The minimum Gasteiger partial charge on any atom is -0.349 e. The topological polar surface area (TPSA) is 51.1 Å². The number of nitrogens with zero attached hydrogens (tertiary/aromatic N) is 1. The van der Waals surface area contributed by atoms with Gasteiger partial charge in [-0.1, -0.05) is 31.0 Å². The van der Waals surface area contributed by atoms with E-state index in [1.165, 1.54) is 24.2 Å². The van der Waals surface area contributed by atoms with Crippen molar-refractivity contribution in [2.45, 2.75) is 45.2 Å². The van der Waals surface area contributed by atoms with Crippen LogP contribution in [0.4, 0.5) is 0 Å². The number of amides is 1. The summed E-state index contributed by atoms with van der Waals surface area (Å²) in [4.78, 5) is 26.0. The molecule has 2 aromatic heterocycles. The number of fused-ring (bicyclic) bond motifs is 3. The summed E-state index contributed by atoms with van der Waals surface area (Å²) >= 11 is 1.43. The normalized spacial score (nSPS) is 15.4. The maximum absolute atomic E-state index is 12.8. The van der Waals surface area contributed by atoms with Gasteiger partial charge in [-0.05, 0) is 31.9 Å². The number of para-hydroxylation sites is 1.